The Hall–Kier alpha value is -1.42. The third-order valence-electron chi connectivity index (χ3n) is 1.85. The molecule has 0 heterocycles. The number of halogens is 1. The van der Waals surface area contributed by atoms with Crippen LogP contribution in [-0.2, 0) is 9.53 Å². The number of aliphatic hydroxyl groups excluding tert-OH is 1. The normalized spacial score (nSPS) is 12.2. The van der Waals surface area contributed by atoms with E-state index >= 15 is 0 Å². The van der Waals surface area contributed by atoms with Crippen molar-refractivity contribution in [3.8, 4) is 0 Å². The van der Waals surface area contributed by atoms with Crippen LogP contribution in [0, 0.1) is 5.82 Å². The van der Waals surface area contributed by atoms with E-state index in [0.29, 0.717) is 0 Å². The van der Waals surface area contributed by atoms with Crippen molar-refractivity contribution in [1.29, 1.82) is 0 Å². The second-order valence-corrected chi connectivity index (χ2v) is 2.82. The van der Waals surface area contributed by atoms with Gasteiger partial charge in [-0.1, -0.05) is 18.2 Å². The van der Waals surface area contributed by atoms with Crippen LogP contribution in [0.1, 0.15) is 18.1 Å². The summed E-state index contributed by atoms with van der Waals surface area (Å²) in [7, 11) is 1.22. The van der Waals surface area contributed by atoms with Gasteiger partial charge in [0, 0.05) is 5.56 Å². The fraction of sp³-hybridized carbons (Fsp3) is 0.300. The first kappa shape index (κ1) is 10.7. The van der Waals surface area contributed by atoms with Gasteiger partial charge in [-0.3, -0.25) is 4.79 Å². The Kier molecular flexibility index (Phi) is 3.59. The monoisotopic (exact) mass is 198 g/mol. The van der Waals surface area contributed by atoms with Crippen LogP contribution in [-0.4, -0.2) is 18.2 Å². The highest BCUT2D eigenvalue weighted by Crippen LogP contribution is 2.19. The van der Waals surface area contributed by atoms with Crippen LogP contribution in [0.2, 0.25) is 0 Å². The maximum Gasteiger partial charge on any atom is 0.308 e. The van der Waals surface area contributed by atoms with E-state index in [1.807, 2.05) is 0 Å². The molecule has 0 aliphatic carbocycles. The van der Waals surface area contributed by atoms with Crippen LogP contribution in [0.5, 0.6) is 0 Å². The highest BCUT2D eigenvalue weighted by molar-refractivity contribution is 5.70. The van der Waals surface area contributed by atoms with Gasteiger partial charge in [-0.2, -0.15) is 0 Å². The Morgan fingerprint density at radius 1 is 1.57 bits per heavy atom. The Labute approximate surface area is 81.1 Å². The summed E-state index contributed by atoms with van der Waals surface area (Å²) in [6, 6.07) is 5.78. The molecule has 1 aromatic rings. The largest absolute Gasteiger partial charge is 0.469 e. The third kappa shape index (κ3) is 2.53. The van der Waals surface area contributed by atoms with Gasteiger partial charge in [0.2, 0.25) is 0 Å². The molecule has 0 bridgehead atoms. The van der Waals surface area contributed by atoms with Crippen LogP contribution >= 0.6 is 0 Å². The molecule has 1 unspecified atom stereocenters. The quantitative estimate of drug-likeness (QED) is 0.747. The van der Waals surface area contributed by atoms with E-state index in [4.69, 9.17) is 0 Å². The molecule has 0 radical (unpaired) electrons. The summed E-state index contributed by atoms with van der Waals surface area (Å²) in [5, 5.41) is 9.46. The van der Waals surface area contributed by atoms with Gasteiger partial charge < -0.3 is 9.84 Å². The summed E-state index contributed by atoms with van der Waals surface area (Å²) in [4.78, 5) is 10.8. The lowest BCUT2D eigenvalue weighted by Gasteiger charge is -2.09. The fourth-order valence-corrected chi connectivity index (χ4v) is 1.10. The van der Waals surface area contributed by atoms with E-state index in [-0.39, 0.29) is 12.0 Å². The van der Waals surface area contributed by atoms with Gasteiger partial charge in [0.1, 0.15) is 5.82 Å². The lowest BCUT2D eigenvalue weighted by atomic mass is 10.1. The predicted octanol–water partition coefficient (Wildman–Crippen LogP) is 1.42. The molecule has 0 aliphatic heterocycles. The Morgan fingerprint density at radius 3 is 2.79 bits per heavy atom. The zero-order valence-electron chi connectivity index (χ0n) is 7.74. The Morgan fingerprint density at radius 2 is 2.21 bits per heavy atom. The molecule has 0 saturated heterocycles. The highest BCUT2D eigenvalue weighted by Gasteiger charge is 2.16. The average molecular weight is 198 g/mol. The number of esters is 1. The summed E-state index contributed by atoms with van der Waals surface area (Å²) >= 11 is 0. The van der Waals surface area contributed by atoms with Crippen molar-refractivity contribution < 1.29 is 19.0 Å². The molecule has 1 N–H and O–H groups in total. The number of hydrogen-bond donors (Lipinski definition) is 1. The number of aliphatic hydroxyl groups is 1. The molecular formula is C10H11FO3. The number of rotatable bonds is 3. The molecule has 0 fully saturated rings. The number of methoxy groups -OCH3 is 1. The van der Waals surface area contributed by atoms with Gasteiger partial charge in [0.15, 0.2) is 0 Å². The van der Waals surface area contributed by atoms with Gasteiger partial charge in [0.25, 0.3) is 0 Å². The SMILES string of the molecule is COC(=O)CC(O)c1ccccc1F. The van der Waals surface area contributed by atoms with Crippen molar-refractivity contribution >= 4 is 5.97 Å². The maximum absolute atomic E-state index is 13.1. The Balaban J connectivity index is 2.74. The number of carbonyl (C=O) groups is 1. The van der Waals surface area contributed by atoms with Gasteiger partial charge in [-0.25, -0.2) is 4.39 Å². The molecule has 0 spiro atoms. The molecule has 0 aromatic heterocycles. The van der Waals surface area contributed by atoms with E-state index in [1.165, 1.54) is 25.3 Å². The summed E-state index contributed by atoms with van der Waals surface area (Å²) in [6.07, 6.45) is -1.39. The molecule has 4 heteroatoms. The van der Waals surface area contributed by atoms with Crippen molar-refractivity contribution in [3.05, 3.63) is 35.6 Å². The smallest absolute Gasteiger partial charge is 0.308 e. The molecule has 0 aliphatic rings. The van der Waals surface area contributed by atoms with Crippen LogP contribution in [0.25, 0.3) is 0 Å². The second-order valence-electron chi connectivity index (χ2n) is 2.82. The summed E-state index contributed by atoms with van der Waals surface area (Å²) in [6.45, 7) is 0. The number of carbonyl (C=O) groups excluding carboxylic acids is 1. The van der Waals surface area contributed by atoms with Crippen LogP contribution in [0.4, 0.5) is 4.39 Å². The molecule has 1 rings (SSSR count). The van der Waals surface area contributed by atoms with Gasteiger partial charge in [-0.05, 0) is 6.07 Å². The van der Waals surface area contributed by atoms with Crippen molar-refractivity contribution in [2.75, 3.05) is 7.11 Å². The fourth-order valence-electron chi connectivity index (χ4n) is 1.10. The van der Waals surface area contributed by atoms with E-state index in [1.54, 1.807) is 6.07 Å². The van der Waals surface area contributed by atoms with E-state index in [0.717, 1.165) is 0 Å². The zero-order valence-corrected chi connectivity index (χ0v) is 7.74. The highest BCUT2D eigenvalue weighted by atomic mass is 19.1. The first-order chi connectivity index (χ1) is 6.65. The maximum atomic E-state index is 13.1. The molecule has 0 amide bonds. The molecule has 1 aromatic carbocycles. The third-order valence-corrected chi connectivity index (χ3v) is 1.85. The topological polar surface area (TPSA) is 46.5 Å². The summed E-state index contributed by atoms with van der Waals surface area (Å²) in [5.41, 5.74) is 0.109. The lowest BCUT2D eigenvalue weighted by molar-refractivity contribution is -0.142. The van der Waals surface area contributed by atoms with E-state index in [9.17, 15) is 14.3 Å². The zero-order chi connectivity index (χ0) is 10.6. The van der Waals surface area contributed by atoms with Gasteiger partial charge in [-0.15, -0.1) is 0 Å². The van der Waals surface area contributed by atoms with Crippen LogP contribution in [0.15, 0.2) is 24.3 Å². The number of ether oxygens (including phenoxy) is 1. The first-order valence-corrected chi connectivity index (χ1v) is 4.14. The predicted molar refractivity (Wildman–Crippen MR) is 48.0 cm³/mol. The number of benzene rings is 1. The summed E-state index contributed by atoms with van der Waals surface area (Å²) in [5.74, 6) is -1.09. The minimum atomic E-state index is -1.15. The first-order valence-electron chi connectivity index (χ1n) is 4.14. The van der Waals surface area contributed by atoms with Crippen molar-refractivity contribution in [2.45, 2.75) is 12.5 Å². The molecule has 0 saturated carbocycles. The molecule has 76 valence electrons. The second kappa shape index (κ2) is 4.72. The van der Waals surface area contributed by atoms with E-state index in [2.05, 4.69) is 4.74 Å². The Bertz CT molecular complexity index is 325. The van der Waals surface area contributed by atoms with Crippen molar-refractivity contribution in [2.24, 2.45) is 0 Å². The van der Waals surface area contributed by atoms with E-state index < -0.39 is 17.9 Å². The molecule has 3 nitrogen and oxygen atoms in total. The molecular weight excluding hydrogens is 187 g/mol. The minimum absolute atomic E-state index is 0.109. The standard InChI is InChI=1S/C10H11FO3/c1-14-10(13)6-9(12)7-4-2-3-5-8(7)11/h2-5,9,12H,6H2,1H3. The molecule has 1 atom stereocenters. The van der Waals surface area contributed by atoms with Crippen LogP contribution in [0.3, 0.4) is 0 Å². The average Bonchev–Trinajstić information content (AvgIpc) is 2.18. The number of hydrogen-bond acceptors (Lipinski definition) is 3. The van der Waals surface area contributed by atoms with Gasteiger partial charge >= 0.3 is 5.97 Å². The van der Waals surface area contributed by atoms with Gasteiger partial charge in [0.05, 0.1) is 19.6 Å². The van der Waals surface area contributed by atoms with Crippen LogP contribution < -0.4 is 0 Å². The minimum Gasteiger partial charge on any atom is -0.469 e. The van der Waals surface area contributed by atoms with Crippen molar-refractivity contribution in [1.82, 2.24) is 0 Å². The molecule has 14 heavy (non-hydrogen) atoms. The summed E-state index contributed by atoms with van der Waals surface area (Å²) < 4.78 is 17.4. The van der Waals surface area contributed by atoms with Crippen molar-refractivity contribution in [3.63, 3.8) is 0 Å². The lowest BCUT2D eigenvalue weighted by Crippen LogP contribution is -2.09.